The van der Waals surface area contributed by atoms with Gasteiger partial charge in [-0.25, -0.2) is 0 Å². The molecule has 2 unspecified atom stereocenters. The van der Waals surface area contributed by atoms with E-state index in [1.807, 2.05) is 54.6 Å². The fourth-order valence-electron chi connectivity index (χ4n) is 5.89. The maximum atomic E-state index is 13.1. The molecule has 1 N–H and O–H groups in total. The number of rotatable bonds is 5. The number of hydrogen-bond donors (Lipinski definition) is 1. The fraction of sp³-hybridized carbons (Fsp3) is 0.357. The summed E-state index contributed by atoms with van der Waals surface area (Å²) in [6.45, 7) is 1.32. The van der Waals surface area contributed by atoms with E-state index in [0.717, 1.165) is 42.8 Å². The Morgan fingerprint density at radius 3 is 2.23 bits per heavy atom. The second-order valence-electron chi connectivity index (χ2n) is 9.93. The summed E-state index contributed by atoms with van der Waals surface area (Å²) in [6.07, 6.45) is 5.82. The predicted octanol–water partition coefficient (Wildman–Crippen LogP) is 4.10. The topological polar surface area (TPSA) is 78.4 Å². The highest BCUT2D eigenvalue weighted by molar-refractivity contribution is 5.95. The lowest BCUT2D eigenvalue weighted by Gasteiger charge is -2.39. The van der Waals surface area contributed by atoms with Gasteiger partial charge in [-0.15, -0.1) is 5.10 Å². The summed E-state index contributed by atoms with van der Waals surface area (Å²) in [6, 6.07) is 22.3. The number of nitrogens with zero attached hydrogens (tertiary/aromatic N) is 4. The summed E-state index contributed by atoms with van der Waals surface area (Å²) in [7, 11) is 0. The Bertz CT molecular complexity index is 1180. The molecule has 35 heavy (non-hydrogen) atoms. The molecule has 2 aromatic carbocycles. The van der Waals surface area contributed by atoms with Crippen molar-refractivity contribution in [3.63, 3.8) is 0 Å². The molecule has 1 aromatic heterocycles. The third kappa shape index (κ3) is 4.27. The first-order chi connectivity index (χ1) is 17.2. The number of piperidine rings is 1. The molecular formula is C28H29N5O2. The second-order valence-corrected chi connectivity index (χ2v) is 9.93. The molecule has 3 saturated heterocycles. The minimum atomic E-state index is -0.0428. The van der Waals surface area contributed by atoms with E-state index in [2.05, 4.69) is 37.4 Å². The van der Waals surface area contributed by atoms with Crippen LogP contribution in [0.5, 0.6) is 0 Å². The van der Waals surface area contributed by atoms with Crippen molar-refractivity contribution in [3.8, 4) is 0 Å². The molecule has 6 rings (SSSR count). The highest BCUT2D eigenvalue weighted by Gasteiger charge is 2.43. The average Bonchev–Trinajstić information content (AvgIpc) is 3.13. The van der Waals surface area contributed by atoms with Gasteiger partial charge in [0.15, 0.2) is 5.82 Å². The third-order valence-electron chi connectivity index (χ3n) is 7.77. The molecule has 3 aliphatic heterocycles. The molecular weight excluding hydrogens is 438 g/mol. The van der Waals surface area contributed by atoms with E-state index in [1.165, 1.54) is 5.56 Å². The van der Waals surface area contributed by atoms with Crippen LogP contribution in [0.25, 0.3) is 0 Å². The summed E-state index contributed by atoms with van der Waals surface area (Å²) in [5, 5.41) is 11.1. The van der Waals surface area contributed by atoms with Gasteiger partial charge in [0.05, 0.1) is 5.92 Å². The van der Waals surface area contributed by atoms with Gasteiger partial charge in [-0.05, 0) is 73.6 Å². The van der Waals surface area contributed by atoms with Crippen LogP contribution < -0.4 is 10.2 Å². The van der Waals surface area contributed by atoms with Crippen molar-refractivity contribution in [2.24, 2.45) is 5.92 Å². The number of benzene rings is 2. The Morgan fingerprint density at radius 2 is 1.57 bits per heavy atom. The van der Waals surface area contributed by atoms with Gasteiger partial charge in [0.2, 0.25) is 5.91 Å². The van der Waals surface area contributed by atoms with E-state index in [0.29, 0.717) is 31.1 Å². The lowest BCUT2D eigenvalue weighted by molar-refractivity contribution is -0.120. The normalized spacial score (nSPS) is 23.6. The van der Waals surface area contributed by atoms with Crippen LogP contribution in [0.3, 0.4) is 0 Å². The Morgan fingerprint density at radius 1 is 0.857 bits per heavy atom. The Balaban J connectivity index is 1.05. The van der Waals surface area contributed by atoms with Gasteiger partial charge in [0.1, 0.15) is 0 Å². The van der Waals surface area contributed by atoms with Crippen LogP contribution in [0, 0.1) is 5.92 Å². The van der Waals surface area contributed by atoms with Crippen LogP contribution in [-0.2, 0) is 4.79 Å². The number of fused-ring (bicyclic) bond motifs is 2. The van der Waals surface area contributed by atoms with E-state index in [9.17, 15) is 9.59 Å². The van der Waals surface area contributed by atoms with Gasteiger partial charge in [-0.3, -0.25) is 9.59 Å². The van der Waals surface area contributed by atoms with E-state index in [-0.39, 0.29) is 17.7 Å². The number of aromatic nitrogens is 2. The van der Waals surface area contributed by atoms with Crippen LogP contribution in [0.1, 0.15) is 47.5 Å². The number of carbonyl (C=O) groups is 2. The van der Waals surface area contributed by atoms with Crippen LogP contribution in [-0.4, -0.2) is 52.1 Å². The summed E-state index contributed by atoms with van der Waals surface area (Å²) >= 11 is 0. The van der Waals surface area contributed by atoms with Gasteiger partial charge >= 0.3 is 0 Å². The van der Waals surface area contributed by atoms with Crippen LogP contribution in [0.15, 0.2) is 72.9 Å². The van der Waals surface area contributed by atoms with Gasteiger partial charge in [-0.1, -0.05) is 30.3 Å². The largest absolute Gasteiger partial charge is 0.353 e. The van der Waals surface area contributed by atoms with Crippen molar-refractivity contribution in [1.29, 1.82) is 0 Å². The predicted molar refractivity (Wildman–Crippen MR) is 134 cm³/mol. The molecule has 4 heterocycles. The SMILES string of the molecule is O=C(Nc1ccc(C2CC3CCC(C2)N3C(=O)c2ccccc2)cc1)C1CN(c2cccnn2)C1. The highest BCUT2D eigenvalue weighted by atomic mass is 16.2. The number of nitrogens with one attached hydrogen (secondary N) is 1. The standard InChI is InChI=1S/C28H29N5O2/c34-27(22-17-32(18-22)26-7-4-14-29-31-26)30-23-10-8-19(9-11-23)21-15-24-12-13-25(16-21)33(24)28(35)20-5-2-1-3-6-20/h1-11,14,21-22,24-25H,12-13,15-18H2,(H,30,34). The summed E-state index contributed by atoms with van der Waals surface area (Å²) in [5.41, 5.74) is 2.91. The molecule has 0 radical (unpaired) electrons. The first kappa shape index (κ1) is 21.8. The third-order valence-corrected chi connectivity index (χ3v) is 7.77. The van der Waals surface area contributed by atoms with Crippen molar-refractivity contribution in [2.75, 3.05) is 23.3 Å². The Kier molecular flexibility index (Phi) is 5.68. The summed E-state index contributed by atoms with van der Waals surface area (Å²) in [5.74, 6) is 1.43. The summed E-state index contributed by atoms with van der Waals surface area (Å²) in [4.78, 5) is 30.0. The monoisotopic (exact) mass is 467 g/mol. The molecule has 0 aliphatic carbocycles. The fourth-order valence-corrected chi connectivity index (χ4v) is 5.89. The highest BCUT2D eigenvalue weighted by Crippen LogP contribution is 2.43. The molecule has 2 bridgehead atoms. The van der Waals surface area contributed by atoms with Crippen molar-refractivity contribution in [1.82, 2.24) is 15.1 Å². The summed E-state index contributed by atoms with van der Waals surface area (Å²) < 4.78 is 0. The Labute approximate surface area is 205 Å². The molecule has 7 nitrogen and oxygen atoms in total. The molecule has 7 heteroatoms. The Hall–Kier alpha value is -3.74. The van der Waals surface area contributed by atoms with Crippen molar-refractivity contribution in [2.45, 2.75) is 43.7 Å². The lowest BCUT2D eigenvalue weighted by atomic mass is 9.84. The maximum Gasteiger partial charge on any atom is 0.254 e. The molecule has 0 spiro atoms. The van der Waals surface area contributed by atoms with E-state index in [1.54, 1.807) is 6.20 Å². The second kappa shape index (κ2) is 9.13. The quantitative estimate of drug-likeness (QED) is 0.611. The van der Waals surface area contributed by atoms with Crippen molar-refractivity contribution < 1.29 is 9.59 Å². The number of anilines is 2. The van der Waals surface area contributed by atoms with Gasteiger partial charge < -0.3 is 15.1 Å². The average molecular weight is 468 g/mol. The van der Waals surface area contributed by atoms with Gasteiger partial charge in [0.25, 0.3) is 5.91 Å². The molecule has 3 aromatic rings. The first-order valence-corrected chi connectivity index (χ1v) is 12.5. The first-order valence-electron chi connectivity index (χ1n) is 12.5. The van der Waals surface area contributed by atoms with Gasteiger partial charge in [-0.2, -0.15) is 5.10 Å². The van der Waals surface area contributed by atoms with E-state index < -0.39 is 0 Å². The van der Waals surface area contributed by atoms with Crippen molar-refractivity contribution in [3.05, 3.63) is 84.1 Å². The molecule has 178 valence electrons. The van der Waals surface area contributed by atoms with E-state index in [4.69, 9.17) is 0 Å². The number of carbonyl (C=O) groups excluding carboxylic acids is 2. The molecule has 3 fully saturated rings. The van der Waals surface area contributed by atoms with Gasteiger partial charge in [0, 0.05) is 42.6 Å². The van der Waals surface area contributed by atoms with Crippen molar-refractivity contribution >= 4 is 23.3 Å². The van der Waals surface area contributed by atoms with Crippen LogP contribution in [0.2, 0.25) is 0 Å². The zero-order chi connectivity index (χ0) is 23.8. The van der Waals surface area contributed by atoms with Crippen LogP contribution in [0.4, 0.5) is 11.5 Å². The minimum absolute atomic E-state index is 0.0428. The number of hydrogen-bond acceptors (Lipinski definition) is 5. The molecule has 2 atom stereocenters. The minimum Gasteiger partial charge on any atom is -0.353 e. The zero-order valence-electron chi connectivity index (χ0n) is 19.6. The molecule has 3 aliphatic rings. The maximum absolute atomic E-state index is 13.1. The van der Waals surface area contributed by atoms with Crippen LogP contribution >= 0.6 is 0 Å². The molecule has 0 saturated carbocycles. The zero-order valence-corrected chi connectivity index (χ0v) is 19.6. The number of amides is 2. The molecule has 2 amide bonds. The van der Waals surface area contributed by atoms with E-state index >= 15 is 0 Å². The lowest BCUT2D eigenvalue weighted by Crippen LogP contribution is -2.52. The smallest absolute Gasteiger partial charge is 0.254 e.